The molecule has 1 heterocycles. The highest BCUT2D eigenvalue weighted by atomic mass is 15.2. The van der Waals surface area contributed by atoms with E-state index in [0.29, 0.717) is 5.92 Å². The lowest BCUT2D eigenvalue weighted by Crippen LogP contribution is -2.54. The molecule has 1 aromatic rings. The fraction of sp³-hybridized carbons (Fsp3) is 0.562. The van der Waals surface area contributed by atoms with E-state index in [4.69, 9.17) is 11.0 Å². The van der Waals surface area contributed by atoms with Crippen molar-refractivity contribution >= 4 is 5.69 Å². The lowest BCUT2D eigenvalue weighted by Gasteiger charge is -2.49. The normalized spacial score (nSPS) is 22.0. The van der Waals surface area contributed by atoms with Crippen molar-refractivity contribution in [3.63, 3.8) is 0 Å². The Morgan fingerprint density at radius 3 is 2.63 bits per heavy atom. The van der Waals surface area contributed by atoms with E-state index in [0.717, 1.165) is 25.1 Å². The summed E-state index contributed by atoms with van der Waals surface area (Å²) in [5, 5.41) is 8.88. The Kier molecular flexibility index (Phi) is 4.11. The molecule has 19 heavy (non-hydrogen) atoms. The zero-order chi connectivity index (χ0) is 13.9. The van der Waals surface area contributed by atoms with Crippen LogP contribution in [0.4, 0.5) is 5.69 Å². The molecule has 1 aromatic carbocycles. The molecule has 102 valence electrons. The molecule has 0 radical (unpaired) electrons. The average Bonchev–Trinajstić information content (AvgIpc) is 2.41. The van der Waals surface area contributed by atoms with E-state index in [1.165, 1.54) is 18.5 Å². The highest BCUT2D eigenvalue weighted by Crippen LogP contribution is 2.38. The van der Waals surface area contributed by atoms with Gasteiger partial charge < -0.3 is 10.6 Å². The van der Waals surface area contributed by atoms with Gasteiger partial charge in [0, 0.05) is 17.8 Å². The van der Waals surface area contributed by atoms with Crippen molar-refractivity contribution in [3.8, 4) is 6.07 Å². The van der Waals surface area contributed by atoms with Crippen LogP contribution in [0.25, 0.3) is 0 Å². The summed E-state index contributed by atoms with van der Waals surface area (Å²) in [7, 11) is 0. The molecule has 3 nitrogen and oxygen atoms in total. The number of anilines is 1. The number of nitrogens with zero attached hydrogens (tertiary/aromatic N) is 2. The molecule has 0 saturated carbocycles. The number of nitriles is 1. The van der Waals surface area contributed by atoms with Crippen molar-refractivity contribution in [1.29, 1.82) is 5.26 Å². The second-order valence-electron chi connectivity index (χ2n) is 5.88. The van der Waals surface area contributed by atoms with Crippen LogP contribution in [0.15, 0.2) is 24.3 Å². The second kappa shape index (κ2) is 5.63. The van der Waals surface area contributed by atoms with Gasteiger partial charge in [-0.3, -0.25) is 0 Å². The molecule has 0 spiro atoms. The number of hydrogen-bond acceptors (Lipinski definition) is 3. The van der Waals surface area contributed by atoms with Crippen LogP contribution in [0.3, 0.4) is 0 Å². The summed E-state index contributed by atoms with van der Waals surface area (Å²) in [6.45, 7) is 6.46. The third kappa shape index (κ3) is 2.74. The summed E-state index contributed by atoms with van der Waals surface area (Å²) in [5.74, 6) is 0.641. The molecule has 1 aliphatic heterocycles. The van der Waals surface area contributed by atoms with Gasteiger partial charge in [-0.2, -0.15) is 5.26 Å². The Labute approximate surface area is 116 Å². The molecule has 3 heteroatoms. The molecule has 0 amide bonds. The molecule has 1 aliphatic rings. The maximum Gasteiger partial charge on any atom is 0.0991 e. The number of hydrogen-bond donors (Lipinski definition) is 1. The molecule has 1 saturated heterocycles. The Morgan fingerprint density at radius 2 is 2.05 bits per heavy atom. The van der Waals surface area contributed by atoms with E-state index in [1.54, 1.807) is 0 Å². The Balaban J connectivity index is 2.24. The fourth-order valence-electron chi connectivity index (χ4n) is 3.23. The maximum absolute atomic E-state index is 8.88. The standard InChI is InChI=1S/C16H23N3/c1-16(2)14(9-10-17)4-3-11-19(16)15-7-5-13(12-18)6-8-15/h5-8,14H,3-4,9-11,17H2,1-2H3. The molecule has 1 unspecified atom stereocenters. The van der Waals surface area contributed by atoms with E-state index in [2.05, 4.69) is 36.9 Å². The summed E-state index contributed by atoms with van der Waals surface area (Å²) in [6, 6.07) is 10.1. The van der Waals surface area contributed by atoms with Gasteiger partial charge in [-0.25, -0.2) is 0 Å². The molecule has 2 rings (SSSR count). The number of rotatable bonds is 3. The van der Waals surface area contributed by atoms with Gasteiger partial charge in [0.25, 0.3) is 0 Å². The zero-order valence-electron chi connectivity index (χ0n) is 11.9. The maximum atomic E-state index is 8.88. The van der Waals surface area contributed by atoms with Gasteiger partial charge in [0.05, 0.1) is 11.6 Å². The van der Waals surface area contributed by atoms with Crippen molar-refractivity contribution in [1.82, 2.24) is 0 Å². The SMILES string of the molecule is CC1(C)C(CCN)CCCN1c1ccc(C#N)cc1. The molecular weight excluding hydrogens is 234 g/mol. The predicted octanol–water partition coefficient (Wildman–Crippen LogP) is 2.90. The zero-order valence-corrected chi connectivity index (χ0v) is 11.9. The molecule has 0 bridgehead atoms. The third-order valence-electron chi connectivity index (χ3n) is 4.45. The first-order chi connectivity index (χ1) is 9.09. The van der Waals surface area contributed by atoms with Crippen LogP contribution in [0, 0.1) is 17.2 Å². The summed E-state index contributed by atoms with van der Waals surface area (Å²) in [5.41, 5.74) is 7.81. The van der Waals surface area contributed by atoms with Crippen LogP contribution in [-0.2, 0) is 0 Å². The van der Waals surface area contributed by atoms with Gasteiger partial charge >= 0.3 is 0 Å². The lowest BCUT2D eigenvalue weighted by molar-refractivity contribution is 0.227. The molecule has 0 aliphatic carbocycles. The van der Waals surface area contributed by atoms with Crippen LogP contribution in [0.5, 0.6) is 0 Å². The average molecular weight is 257 g/mol. The van der Waals surface area contributed by atoms with Crippen molar-refractivity contribution < 1.29 is 0 Å². The van der Waals surface area contributed by atoms with Crippen molar-refractivity contribution in [2.75, 3.05) is 18.0 Å². The molecule has 2 N–H and O–H groups in total. The van der Waals surface area contributed by atoms with E-state index < -0.39 is 0 Å². The van der Waals surface area contributed by atoms with Crippen LogP contribution >= 0.6 is 0 Å². The first kappa shape index (κ1) is 13.9. The van der Waals surface area contributed by atoms with Gasteiger partial charge in [0.2, 0.25) is 0 Å². The summed E-state index contributed by atoms with van der Waals surface area (Å²) in [4.78, 5) is 2.47. The number of nitrogens with two attached hydrogens (primary N) is 1. The smallest absolute Gasteiger partial charge is 0.0991 e. The van der Waals surface area contributed by atoms with Gasteiger partial charge in [-0.15, -0.1) is 0 Å². The van der Waals surface area contributed by atoms with Crippen LogP contribution in [0.1, 0.15) is 38.7 Å². The number of piperidine rings is 1. The monoisotopic (exact) mass is 257 g/mol. The largest absolute Gasteiger partial charge is 0.366 e. The second-order valence-corrected chi connectivity index (χ2v) is 5.88. The first-order valence-electron chi connectivity index (χ1n) is 7.07. The summed E-state index contributed by atoms with van der Waals surface area (Å²) < 4.78 is 0. The molecule has 1 atom stereocenters. The van der Waals surface area contributed by atoms with Crippen molar-refractivity contribution in [3.05, 3.63) is 29.8 Å². The van der Waals surface area contributed by atoms with Gasteiger partial charge in [0.1, 0.15) is 0 Å². The topological polar surface area (TPSA) is 53.0 Å². The number of benzene rings is 1. The molecular formula is C16H23N3. The summed E-state index contributed by atoms with van der Waals surface area (Å²) >= 11 is 0. The van der Waals surface area contributed by atoms with E-state index in [1.807, 2.05) is 12.1 Å². The Bertz CT molecular complexity index is 454. The van der Waals surface area contributed by atoms with Gasteiger partial charge in [0.15, 0.2) is 0 Å². The minimum Gasteiger partial charge on any atom is -0.366 e. The Hall–Kier alpha value is -1.53. The first-order valence-corrected chi connectivity index (χ1v) is 7.07. The van der Waals surface area contributed by atoms with Crippen molar-refractivity contribution in [2.45, 2.75) is 38.6 Å². The predicted molar refractivity (Wildman–Crippen MR) is 79.0 cm³/mol. The van der Waals surface area contributed by atoms with Crippen molar-refractivity contribution in [2.24, 2.45) is 11.7 Å². The quantitative estimate of drug-likeness (QED) is 0.906. The van der Waals surface area contributed by atoms with E-state index in [-0.39, 0.29) is 5.54 Å². The fourth-order valence-corrected chi connectivity index (χ4v) is 3.23. The minimum absolute atomic E-state index is 0.131. The van der Waals surface area contributed by atoms with Crippen LogP contribution in [-0.4, -0.2) is 18.6 Å². The van der Waals surface area contributed by atoms with Crippen LogP contribution in [0.2, 0.25) is 0 Å². The molecule has 0 aromatic heterocycles. The van der Waals surface area contributed by atoms with E-state index >= 15 is 0 Å². The molecule has 1 fully saturated rings. The van der Waals surface area contributed by atoms with Gasteiger partial charge in [-0.1, -0.05) is 0 Å². The highest BCUT2D eigenvalue weighted by Gasteiger charge is 2.37. The third-order valence-corrected chi connectivity index (χ3v) is 4.45. The minimum atomic E-state index is 0.131. The van der Waals surface area contributed by atoms with Crippen LogP contribution < -0.4 is 10.6 Å². The summed E-state index contributed by atoms with van der Waals surface area (Å²) in [6.07, 6.45) is 3.56. The highest BCUT2D eigenvalue weighted by molar-refractivity contribution is 5.52. The van der Waals surface area contributed by atoms with E-state index in [9.17, 15) is 0 Å². The van der Waals surface area contributed by atoms with Gasteiger partial charge in [-0.05, 0) is 69.8 Å². The Morgan fingerprint density at radius 1 is 1.37 bits per heavy atom. The lowest BCUT2D eigenvalue weighted by atomic mass is 9.77.